The van der Waals surface area contributed by atoms with Crippen LogP contribution in [-0.2, 0) is 6.54 Å². The van der Waals surface area contributed by atoms with E-state index in [9.17, 15) is 18.4 Å². The monoisotopic (exact) mass is 487 g/mol. The minimum absolute atomic E-state index is 0.0250. The number of halogens is 3. The number of hydrogen-bond acceptors (Lipinski definition) is 8. The lowest BCUT2D eigenvalue weighted by atomic mass is 10.2. The first kappa shape index (κ1) is 24.6. The summed E-state index contributed by atoms with van der Waals surface area (Å²) >= 11 is 0. The summed E-state index contributed by atoms with van der Waals surface area (Å²) in [6.07, 6.45) is -0.259. The molecule has 0 spiro atoms. The average Bonchev–Trinajstić information content (AvgIpc) is 3.66. The van der Waals surface area contributed by atoms with Crippen LogP contribution in [0.2, 0.25) is 0 Å². The van der Waals surface area contributed by atoms with Crippen molar-refractivity contribution >= 4 is 11.8 Å². The zero-order valence-electron chi connectivity index (χ0n) is 19.5. The highest BCUT2D eigenvalue weighted by Crippen LogP contribution is 2.35. The van der Waals surface area contributed by atoms with E-state index in [4.69, 9.17) is 0 Å². The molecule has 2 heterocycles. The van der Waals surface area contributed by atoms with Crippen molar-refractivity contribution in [3.05, 3.63) is 52.9 Å². The number of alkyl halides is 3. The Labute approximate surface area is 202 Å². The molecule has 1 aromatic carbocycles. The van der Waals surface area contributed by atoms with Crippen LogP contribution >= 0.6 is 0 Å². The van der Waals surface area contributed by atoms with Gasteiger partial charge in [0.15, 0.2) is 0 Å². The number of likely N-dealkylation sites (N-methyl/N-ethyl adjacent to an activating group) is 1. The molecule has 35 heavy (non-hydrogen) atoms. The van der Waals surface area contributed by atoms with E-state index >= 15 is 0 Å². The molecule has 1 aromatic heterocycles. The zero-order chi connectivity index (χ0) is 24.8. The Morgan fingerprint density at radius 2 is 1.89 bits per heavy atom. The fraction of sp³-hybridized carbons (Fsp3) is 0.458. The van der Waals surface area contributed by atoms with Gasteiger partial charge in [0, 0.05) is 56.9 Å². The number of allylic oxidation sites excluding steroid dienone is 1. The summed E-state index contributed by atoms with van der Waals surface area (Å²) in [5, 5.41) is 15.6. The van der Waals surface area contributed by atoms with Gasteiger partial charge in [0.25, 0.3) is 0 Å². The molecule has 0 radical (unpaired) electrons. The summed E-state index contributed by atoms with van der Waals surface area (Å²) in [5.41, 5.74) is 3.50. The highest BCUT2D eigenvalue weighted by molar-refractivity contribution is 5.53. The number of para-hydroxylation sites is 1. The molecule has 1 aliphatic heterocycles. The van der Waals surface area contributed by atoms with E-state index in [0.717, 1.165) is 45.4 Å². The number of anilines is 2. The Hall–Kier alpha value is -3.52. The molecule has 4 rings (SSSR count). The maximum Gasteiger partial charge on any atom is 0.573 e. The van der Waals surface area contributed by atoms with Crippen LogP contribution in [0.1, 0.15) is 30.4 Å². The van der Waals surface area contributed by atoms with Crippen molar-refractivity contribution in [3.8, 4) is 11.8 Å². The van der Waals surface area contributed by atoms with Gasteiger partial charge in [0.2, 0.25) is 5.95 Å². The van der Waals surface area contributed by atoms with Gasteiger partial charge in [0.05, 0.1) is 6.20 Å². The molecule has 0 amide bonds. The highest BCUT2D eigenvalue weighted by Gasteiger charge is 2.32. The summed E-state index contributed by atoms with van der Waals surface area (Å²) in [6, 6.07) is 7.96. The Bertz CT molecular complexity index is 1100. The quantitative estimate of drug-likeness (QED) is 0.550. The van der Waals surface area contributed by atoms with Crippen LogP contribution in [0.5, 0.6) is 5.75 Å². The number of nitriles is 1. The number of nitrogens with one attached hydrogen (secondary N) is 2. The third-order valence-electron chi connectivity index (χ3n) is 5.99. The van der Waals surface area contributed by atoms with Crippen LogP contribution in [0, 0.1) is 11.3 Å². The van der Waals surface area contributed by atoms with Crippen LogP contribution in [-0.4, -0.2) is 65.9 Å². The second kappa shape index (κ2) is 10.8. The van der Waals surface area contributed by atoms with Crippen molar-refractivity contribution in [3.63, 3.8) is 0 Å². The molecule has 186 valence electrons. The van der Waals surface area contributed by atoms with E-state index in [1.807, 2.05) is 0 Å². The second-order valence-electron chi connectivity index (χ2n) is 8.59. The standard InChI is InChI=1S/C24H28F3N7O/c1-33-10-12-34(13-11-33)20(17-6-7-17)8-9-29-22-19(14-28)16-31-23(32-22)30-15-18-4-2-3-5-21(18)35-24(25,26)27/h2-5,16H,6-13,15H2,1H3,(H2,29,30,31,32). The molecule has 11 heteroatoms. The maximum atomic E-state index is 12.7. The molecule has 0 bridgehead atoms. The average molecular weight is 488 g/mol. The van der Waals surface area contributed by atoms with Crippen LogP contribution < -0.4 is 15.4 Å². The molecule has 1 aliphatic carbocycles. The van der Waals surface area contributed by atoms with Gasteiger partial charge in [-0.15, -0.1) is 13.2 Å². The van der Waals surface area contributed by atoms with Crippen LogP contribution in [0.15, 0.2) is 41.7 Å². The van der Waals surface area contributed by atoms with Crippen molar-refractivity contribution in [1.82, 2.24) is 19.8 Å². The molecule has 1 saturated heterocycles. The number of rotatable bonds is 9. The lowest BCUT2D eigenvalue weighted by Crippen LogP contribution is -2.44. The largest absolute Gasteiger partial charge is 0.573 e. The number of aromatic nitrogens is 2. The number of nitrogens with zero attached hydrogens (tertiary/aromatic N) is 5. The molecular weight excluding hydrogens is 459 g/mol. The number of hydrogen-bond donors (Lipinski definition) is 2. The first-order valence-corrected chi connectivity index (χ1v) is 11.6. The Balaban J connectivity index is 1.38. The summed E-state index contributed by atoms with van der Waals surface area (Å²) in [7, 11) is 2.13. The maximum absolute atomic E-state index is 12.7. The first-order valence-electron chi connectivity index (χ1n) is 11.6. The van der Waals surface area contributed by atoms with Gasteiger partial charge in [-0.1, -0.05) is 23.8 Å². The summed E-state index contributed by atoms with van der Waals surface area (Å²) in [6.45, 7) is 4.75. The van der Waals surface area contributed by atoms with Crippen molar-refractivity contribution in [1.29, 1.82) is 5.26 Å². The van der Waals surface area contributed by atoms with Crippen LogP contribution in [0.4, 0.5) is 24.9 Å². The van der Waals surface area contributed by atoms with E-state index in [1.165, 1.54) is 35.7 Å². The van der Waals surface area contributed by atoms with Gasteiger partial charge in [-0.3, -0.25) is 0 Å². The molecule has 2 aromatic rings. The molecule has 2 fully saturated rings. The van der Waals surface area contributed by atoms with Gasteiger partial charge >= 0.3 is 6.36 Å². The number of benzene rings is 1. The lowest BCUT2D eigenvalue weighted by molar-refractivity contribution is -0.274. The van der Waals surface area contributed by atoms with Gasteiger partial charge in [0.1, 0.15) is 23.2 Å². The predicted molar refractivity (Wildman–Crippen MR) is 126 cm³/mol. The normalized spacial score (nSPS) is 16.0. The smallest absolute Gasteiger partial charge is 0.405 e. The van der Waals surface area contributed by atoms with Crippen molar-refractivity contribution in [2.45, 2.75) is 32.2 Å². The fourth-order valence-electron chi connectivity index (χ4n) is 4.02. The van der Waals surface area contributed by atoms with E-state index in [0.29, 0.717) is 23.5 Å². The Morgan fingerprint density at radius 1 is 1.14 bits per heavy atom. The minimum Gasteiger partial charge on any atom is -0.405 e. The topological polar surface area (TPSA) is 89.3 Å². The molecule has 2 aliphatic rings. The number of ether oxygens (including phenoxy) is 1. The van der Waals surface area contributed by atoms with E-state index < -0.39 is 6.36 Å². The third kappa shape index (κ3) is 6.99. The lowest BCUT2D eigenvalue weighted by Gasteiger charge is -2.36. The molecule has 0 unspecified atom stereocenters. The van der Waals surface area contributed by atoms with Crippen molar-refractivity contribution in [2.75, 3.05) is 50.4 Å². The van der Waals surface area contributed by atoms with E-state index in [2.05, 4.69) is 48.3 Å². The minimum atomic E-state index is -4.78. The SMILES string of the molecule is CN1CCN(C(CCNc2nc(NCc3ccccc3OC(F)(F)F)ncc2C#N)=C2CC2)CC1. The van der Waals surface area contributed by atoms with E-state index in [-0.39, 0.29) is 18.2 Å². The van der Waals surface area contributed by atoms with Crippen molar-refractivity contribution in [2.24, 2.45) is 0 Å². The number of piperazine rings is 1. The van der Waals surface area contributed by atoms with Crippen LogP contribution in [0.25, 0.3) is 0 Å². The van der Waals surface area contributed by atoms with Gasteiger partial charge in [-0.2, -0.15) is 10.2 Å². The molecule has 0 atom stereocenters. The van der Waals surface area contributed by atoms with Crippen LogP contribution in [0.3, 0.4) is 0 Å². The van der Waals surface area contributed by atoms with E-state index in [1.54, 1.807) is 6.07 Å². The zero-order valence-corrected chi connectivity index (χ0v) is 19.5. The van der Waals surface area contributed by atoms with Gasteiger partial charge in [-0.25, -0.2) is 4.98 Å². The Morgan fingerprint density at radius 3 is 2.57 bits per heavy atom. The van der Waals surface area contributed by atoms with Gasteiger partial charge in [-0.05, 0) is 26.0 Å². The Kier molecular flexibility index (Phi) is 7.60. The fourth-order valence-corrected chi connectivity index (χ4v) is 4.02. The summed E-state index contributed by atoms with van der Waals surface area (Å²) in [4.78, 5) is 13.3. The molecule has 2 N–H and O–H groups in total. The van der Waals surface area contributed by atoms with Crippen molar-refractivity contribution < 1.29 is 17.9 Å². The second-order valence-corrected chi connectivity index (χ2v) is 8.59. The molecule has 8 nitrogen and oxygen atoms in total. The summed E-state index contributed by atoms with van der Waals surface area (Å²) < 4.78 is 42.1. The molecular formula is C24H28F3N7O. The predicted octanol–water partition coefficient (Wildman–Crippen LogP) is 3.96. The summed E-state index contributed by atoms with van der Waals surface area (Å²) in [5.74, 6) is 0.306. The first-order chi connectivity index (χ1) is 16.8. The molecule has 1 saturated carbocycles. The highest BCUT2D eigenvalue weighted by atomic mass is 19.4. The third-order valence-corrected chi connectivity index (χ3v) is 5.99. The van der Waals surface area contributed by atoms with Gasteiger partial charge < -0.3 is 25.2 Å².